The molecule has 1 aromatic heterocycles. The number of pyridine rings is 1. The van der Waals surface area contributed by atoms with Crippen molar-refractivity contribution in [1.29, 1.82) is 0 Å². The Balaban J connectivity index is 3.18. The third-order valence-electron chi connectivity index (χ3n) is 2.48. The summed E-state index contributed by atoms with van der Waals surface area (Å²) in [5, 5.41) is -0.236. The van der Waals surface area contributed by atoms with Crippen LogP contribution in [0.15, 0.2) is 22.0 Å². The number of aromatic nitrogens is 1. The van der Waals surface area contributed by atoms with Crippen molar-refractivity contribution in [1.82, 2.24) is 9.29 Å². The molecule has 0 unspecified atom stereocenters. The molecule has 0 saturated carbocycles. The zero-order valence-corrected chi connectivity index (χ0v) is 12.6. The first-order valence-electron chi connectivity index (χ1n) is 5.78. The number of halogens is 1. The van der Waals surface area contributed by atoms with Gasteiger partial charge in [-0.1, -0.05) is 18.5 Å². The minimum Gasteiger partial charge on any atom is -0.468 e. The first kappa shape index (κ1) is 16.7. The van der Waals surface area contributed by atoms with E-state index in [1.165, 1.54) is 7.11 Å². The van der Waals surface area contributed by atoms with Crippen LogP contribution in [-0.2, 0) is 19.6 Å². The highest BCUT2D eigenvalue weighted by Crippen LogP contribution is 2.16. The highest BCUT2D eigenvalue weighted by molar-refractivity contribution is 7.89. The minimum absolute atomic E-state index is 0.147. The number of H-pyrrole nitrogens is 1. The number of sulfonamides is 1. The average Bonchev–Trinajstić information content (AvgIpc) is 2.40. The fourth-order valence-corrected chi connectivity index (χ4v) is 3.19. The van der Waals surface area contributed by atoms with Crippen molar-refractivity contribution >= 4 is 27.6 Å². The highest BCUT2D eigenvalue weighted by Gasteiger charge is 2.27. The minimum atomic E-state index is -3.93. The number of nitrogens with one attached hydrogen (secondary N) is 1. The molecular formula is C11H15ClN2O5S. The van der Waals surface area contributed by atoms with Crippen LogP contribution in [0.1, 0.15) is 13.3 Å². The van der Waals surface area contributed by atoms with Crippen LogP contribution >= 0.6 is 11.6 Å². The number of carbonyl (C=O) groups excluding carboxylic acids is 1. The summed E-state index contributed by atoms with van der Waals surface area (Å²) < 4.78 is 30.2. The molecule has 0 spiro atoms. The number of carbonyl (C=O) groups is 1. The number of nitrogens with zero attached hydrogens (tertiary/aromatic N) is 1. The quantitative estimate of drug-likeness (QED) is 0.774. The number of hydrogen-bond acceptors (Lipinski definition) is 5. The Labute approximate surface area is 121 Å². The zero-order valence-electron chi connectivity index (χ0n) is 11.1. The molecule has 0 amide bonds. The van der Waals surface area contributed by atoms with Crippen molar-refractivity contribution in [2.75, 3.05) is 20.2 Å². The molecule has 0 aliphatic carbocycles. The molecule has 1 N–H and O–H groups in total. The van der Waals surface area contributed by atoms with Crippen molar-refractivity contribution in [3.63, 3.8) is 0 Å². The van der Waals surface area contributed by atoms with E-state index in [0.29, 0.717) is 6.42 Å². The molecule has 20 heavy (non-hydrogen) atoms. The molecule has 0 radical (unpaired) electrons. The Bertz CT molecular complexity index is 640. The van der Waals surface area contributed by atoms with Crippen molar-refractivity contribution in [2.24, 2.45) is 0 Å². The van der Waals surface area contributed by atoms with Gasteiger partial charge < -0.3 is 9.72 Å². The van der Waals surface area contributed by atoms with E-state index in [1.807, 2.05) is 0 Å². The summed E-state index contributed by atoms with van der Waals surface area (Å²) in [6.45, 7) is 1.53. The summed E-state index contributed by atoms with van der Waals surface area (Å²) in [6, 6.07) is 1.05. The third-order valence-corrected chi connectivity index (χ3v) is 4.58. The van der Waals surface area contributed by atoms with E-state index in [2.05, 4.69) is 9.72 Å². The van der Waals surface area contributed by atoms with Crippen LogP contribution < -0.4 is 5.56 Å². The standard InChI is InChI=1S/C11H15ClN2O5S/c1-3-4-14(7-10(15)19-2)20(17,18)8-5-9(12)11(16)13-6-8/h5-6H,3-4,7H2,1-2H3,(H,13,16). The average molecular weight is 323 g/mol. The Morgan fingerprint density at radius 1 is 1.50 bits per heavy atom. The van der Waals surface area contributed by atoms with Crippen LogP contribution in [-0.4, -0.2) is 43.9 Å². The summed E-state index contributed by atoms with van der Waals surface area (Å²) in [5.74, 6) is -0.669. The molecule has 0 aromatic carbocycles. The van der Waals surface area contributed by atoms with E-state index in [4.69, 9.17) is 11.6 Å². The van der Waals surface area contributed by atoms with Gasteiger partial charge in [0.2, 0.25) is 10.0 Å². The lowest BCUT2D eigenvalue weighted by Crippen LogP contribution is -2.37. The fourth-order valence-electron chi connectivity index (χ4n) is 1.48. The Kier molecular flexibility index (Phi) is 5.73. The van der Waals surface area contributed by atoms with E-state index >= 15 is 0 Å². The molecule has 1 heterocycles. The summed E-state index contributed by atoms with van der Waals surface area (Å²) in [5.41, 5.74) is -0.583. The lowest BCUT2D eigenvalue weighted by Gasteiger charge is -2.20. The molecule has 7 nitrogen and oxygen atoms in total. The molecule has 0 bridgehead atoms. The molecule has 0 fully saturated rings. The van der Waals surface area contributed by atoms with Crippen LogP contribution in [0, 0.1) is 0 Å². The fraction of sp³-hybridized carbons (Fsp3) is 0.455. The van der Waals surface area contributed by atoms with Gasteiger partial charge in [0.1, 0.15) is 11.6 Å². The van der Waals surface area contributed by atoms with Gasteiger partial charge >= 0.3 is 5.97 Å². The normalized spacial score (nSPS) is 11.6. The summed E-state index contributed by atoms with van der Waals surface area (Å²) in [7, 11) is -2.75. The number of hydrogen-bond donors (Lipinski definition) is 1. The SMILES string of the molecule is CCCN(CC(=O)OC)S(=O)(=O)c1c[nH]c(=O)c(Cl)c1. The van der Waals surface area contributed by atoms with Crippen LogP contribution in [0.3, 0.4) is 0 Å². The number of methoxy groups -OCH3 is 1. The molecule has 0 atom stereocenters. The van der Waals surface area contributed by atoms with Gasteiger partial charge in [-0.3, -0.25) is 9.59 Å². The van der Waals surface area contributed by atoms with Gasteiger partial charge in [-0.25, -0.2) is 8.42 Å². The van der Waals surface area contributed by atoms with Crippen LogP contribution in [0.4, 0.5) is 0 Å². The Hall–Kier alpha value is -1.38. The highest BCUT2D eigenvalue weighted by atomic mass is 35.5. The second kappa shape index (κ2) is 6.87. The van der Waals surface area contributed by atoms with Gasteiger partial charge in [-0.05, 0) is 12.5 Å². The van der Waals surface area contributed by atoms with Crippen molar-refractivity contribution in [3.8, 4) is 0 Å². The van der Waals surface area contributed by atoms with Crippen LogP contribution in [0.25, 0.3) is 0 Å². The van der Waals surface area contributed by atoms with Gasteiger partial charge in [0, 0.05) is 12.7 Å². The second-order valence-electron chi connectivity index (χ2n) is 3.93. The second-order valence-corrected chi connectivity index (χ2v) is 6.27. The van der Waals surface area contributed by atoms with Crippen molar-refractivity contribution in [3.05, 3.63) is 27.6 Å². The monoisotopic (exact) mass is 322 g/mol. The van der Waals surface area contributed by atoms with Gasteiger partial charge in [0.25, 0.3) is 5.56 Å². The summed E-state index contributed by atoms with van der Waals surface area (Å²) in [4.78, 5) is 24.5. The van der Waals surface area contributed by atoms with E-state index < -0.39 is 28.1 Å². The molecule has 0 saturated heterocycles. The van der Waals surface area contributed by atoms with Crippen LogP contribution in [0.5, 0.6) is 0 Å². The molecular weight excluding hydrogens is 308 g/mol. The lowest BCUT2D eigenvalue weighted by molar-refractivity contribution is -0.140. The molecule has 112 valence electrons. The number of rotatable bonds is 6. The third kappa shape index (κ3) is 3.81. The predicted octanol–water partition coefficient (Wildman–Crippen LogP) is 0.602. The van der Waals surface area contributed by atoms with Gasteiger partial charge in [0.05, 0.1) is 12.0 Å². The number of aromatic amines is 1. The molecule has 0 aliphatic heterocycles. The first-order chi connectivity index (χ1) is 9.32. The predicted molar refractivity (Wildman–Crippen MR) is 73.1 cm³/mol. The number of ether oxygens (including phenoxy) is 1. The van der Waals surface area contributed by atoms with Crippen molar-refractivity contribution in [2.45, 2.75) is 18.2 Å². The maximum atomic E-state index is 12.4. The van der Waals surface area contributed by atoms with Gasteiger partial charge in [0.15, 0.2) is 0 Å². The van der Waals surface area contributed by atoms with Crippen LogP contribution in [0.2, 0.25) is 5.02 Å². The molecule has 0 aliphatic rings. The molecule has 1 aromatic rings. The first-order valence-corrected chi connectivity index (χ1v) is 7.60. The number of esters is 1. The van der Waals surface area contributed by atoms with E-state index in [1.54, 1.807) is 6.92 Å². The maximum absolute atomic E-state index is 12.4. The van der Waals surface area contributed by atoms with Gasteiger partial charge in [-0.2, -0.15) is 4.31 Å². The smallest absolute Gasteiger partial charge is 0.321 e. The molecule has 9 heteroatoms. The summed E-state index contributed by atoms with van der Waals surface area (Å²) in [6.07, 6.45) is 1.57. The Morgan fingerprint density at radius 3 is 2.65 bits per heavy atom. The van der Waals surface area contributed by atoms with E-state index in [-0.39, 0.29) is 16.5 Å². The summed E-state index contributed by atoms with van der Waals surface area (Å²) >= 11 is 5.62. The lowest BCUT2D eigenvalue weighted by atomic mass is 10.5. The van der Waals surface area contributed by atoms with E-state index in [0.717, 1.165) is 16.6 Å². The largest absolute Gasteiger partial charge is 0.468 e. The maximum Gasteiger partial charge on any atom is 0.321 e. The molecule has 1 rings (SSSR count). The Morgan fingerprint density at radius 2 is 2.15 bits per heavy atom. The van der Waals surface area contributed by atoms with E-state index in [9.17, 15) is 18.0 Å². The van der Waals surface area contributed by atoms with Crippen molar-refractivity contribution < 1.29 is 17.9 Å². The zero-order chi connectivity index (χ0) is 15.3. The van der Waals surface area contributed by atoms with Gasteiger partial charge in [-0.15, -0.1) is 0 Å². The topological polar surface area (TPSA) is 96.5 Å².